The first kappa shape index (κ1) is 32.0. The molecule has 0 saturated heterocycles. The topological polar surface area (TPSA) is 114 Å². The van der Waals surface area contributed by atoms with Gasteiger partial charge in [0.1, 0.15) is 13.2 Å². The lowest BCUT2D eigenvalue weighted by Gasteiger charge is -2.05. The van der Waals surface area contributed by atoms with E-state index in [0.717, 1.165) is 37.8 Å². The van der Waals surface area contributed by atoms with Gasteiger partial charge in [-0.1, -0.05) is 26.3 Å². The molecule has 0 aromatic rings. The first-order valence-corrected chi connectivity index (χ1v) is 10.5. The van der Waals surface area contributed by atoms with Gasteiger partial charge in [-0.3, -0.25) is 0 Å². The van der Waals surface area contributed by atoms with Crippen LogP contribution in [0.5, 0.6) is 0 Å². The molecular formula is C24H36O9. The van der Waals surface area contributed by atoms with E-state index < -0.39 is 11.9 Å². The molecule has 0 aliphatic heterocycles. The summed E-state index contributed by atoms with van der Waals surface area (Å²) in [6.45, 7) is 18.4. The van der Waals surface area contributed by atoms with E-state index in [1.807, 2.05) is 0 Å². The number of esters is 4. The summed E-state index contributed by atoms with van der Waals surface area (Å²) in [6.07, 6.45) is 5.65. The van der Waals surface area contributed by atoms with E-state index >= 15 is 0 Å². The average Bonchev–Trinajstić information content (AvgIpc) is 2.79. The molecule has 0 aliphatic rings. The van der Waals surface area contributed by atoms with E-state index in [4.69, 9.17) is 14.2 Å². The lowest BCUT2D eigenvalue weighted by molar-refractivity contribution is -0.141. The van der Waals surface area contributed by atoms with Crippen LogP contribution >= 0.6 is 0 Å². The Kier molecular flexibility index (Phi) is 21.3. The maximum absolute atomic E-state index is 11.0. The van der Waals surface area contributed by atoms with Gasteiger partial charge >= 0.3 is 23.9 Å². The molecule has 0 bridgehead atoms. The zero-order valence-electron chi connectivity index (χ0n) is 19.7. The van der Waals surface area contributed by atoms with Crippen LogP contribution in [0.3, 0.4) is 0 Å². The minimum Gasteiger partial charge on any atom is -0.462 e. The van der Waals surface area contributed by atoms with Crippen LogP contribution in [0.1, 0.15) is 39.5 Å². The molecule has 0 atom stereocenters. The maximum atomic E-state index is 11.0. The Labute approximate surface area is 196 Å². The quantitative estimate of drug-likeness (QED) is 0.137. The van der Waals surface area contributed by atoms with Crippen LogP contribution in [0, 0.1) is 0 Å². The van der Waals surface area contributed by atoms with Crippen LogP contribution in [0.4, 0.5) is 0 Å². The number of unbranched alkanes of at least 4 members (excludes halogenated alkanes) is 3. The third kappa shape index (κ3) is 23.3. The minimum atomic E-state index is -0.489. The van der Waals surface area contributed by atoms with Crippen molar-refractivity contribution in [3.05, 3.63) is 49.6 Å². The van der Waals surface area contributed by atoms with Gasteiger partial charge in [-0.15, -0.1) is 0 Å². The molecule has 33 heavy (non-hydrogen) atoms. The van der Waals surface area contributed by atoms with Crippen LogP contribution in [0.15, 0.2) is 49.6 Å². The third-order valence-corrected chi connectivity index (χ3v) is 3.48. The standard InChI is InChI=1S/C14H22O4.C10H14O5/c1-11(2)13(15)17-9-7-5-6-8-10-18-14(16)12(3)4;1-3-9(11)14-7-5-13-6-8-15-10(12)4-2/h1,3,5-10H2,2,4H3;3-4H,1-2,5-8H2. The molecular weight excluding hydrogens is 432 g/mol. The van der Waals surface area contributed by atoms with Crippen molar-refractivity contribution in [2.45, 2.75) is 39.5 Å². The van der Waals surface area contributed by atoms with Gasteiger partial charge in [-0.25, -0.2) is 19.2 Å². The minimum absolute atomic E-state index is 0.153. The van der Waals surface area contributed by atoms with E-state index in [1.165, 1.54) is 0 Å². The average molecular weight is 469 g/mol. The zero-order valence-corrected chi connectivity index (χ0v) is 19.7. The first-order chi connectivity index (χ1) is 15.6. The molecule has 0 saturated carbocycles. The Hall–Kier alpha value is -3.20. The zero-order chi connectivity index (χ0) is 25.5. The normalized spacial score (nSPS) is 9.39. The van der Waals surface area contributed by atoms with Crippen molar-refractivity contribution in [2.75, 3.05) is 39.6 Å². The van der Waals surface area contributed by atoms with E-state index in [2.05, 4.69) is 35.8 Å². The highest BCUT2D eigenvalue weighted by atomic mass is 16.6. The molecule has 0 unspecified atom stereocenters. The van der Waals surface area contributed by atoms with E-state index in [-0.39, 0.29) is 38.4 Å². The fourth-order valence-electron chi connectivity index (χ4n) is 1.76. The summed E-state index contributed by atoms with van der Waals surface area (Å²) >= 11 is 0. The number of carbonyl (C=O) groups excluding carboxylic acids is 4. The number of rotatable bonds is 17. The predicted octanol–water partition coefficient (Wildman–Crippen LogP) is 3.25. The predicted molar refractivity (Wildman–Crippen MR) is 123 cm³/mol. The highest BCUT2D eigenvalue weighted by Crippen LogP contribution is 2.03. The molecule has 0 spiro atoms. The van der Waals surface area contributed by atoms with Crippen molar-refractivity contribution in [3.8, 4) is 0 Å². The monoisotopic (exact) mass is 468 g/mol. The van der Waals surface area contributed by atoms with Crippen LogP contribution in [0.25, 0.3) is 0 Å². The first-order valence-electron chi connectivity index (χ1n) is 10.5. The summed E-state index contributed by atoms with van der Waals surface area (Å²) in [7, 11) is 0. The molecule has 0 amide bonds. The molecule has 0 aromatic carbocycles. The second-order valence-electron chi connectivity index (χ2n) is 6.60. The number of carbonyl (C=O) groups is 4. The molecule has 0 aromatic heterocycles. The van der Waals surface area contributed by atoms with Crippen molar-refractivity contribution < 1.29 is 42.9 Å². The summed E-state index contributed by atoms with van der Waals surface area (Å²) in [4.78, 5) is 43.2. The summed E-state index contributed by atoms with van der Waals surface area (Å²) in [5.41, 5.74) is 0.836. The smallest absolute Gasteiger partial charge is 0.333 e. The second kappa shape index (κ2) is 22.0. The Morgan fingerprint density at radius 2 is 0.939 bits per heavy atom. The molecule has 0 radical (unpaired) electrons. The van der Waals surface area contributed by atoms with Crippen molar-refractivity contribution in [1.82, 2.24) is 0 Å². The van der Waals surface area contributed by atoms with Crippen molar-refractivity contribution >= 4 is 23.9 Å². The molecule has 9 nitrogen and oxygen atoms in total. The third-order valence-electron chi connectivity index (χ3n) is 3.48. The van der Waals surface area contributed by atoms with Gasteiger partial charge in [0.15, 0.2) is 0 Å². The lowest BCUT2D eigenvalue weighted by Crippen LogP contribution is -2.12. The molecule has 0 N–H and O–H groups in total. The molecule has 186 valence electrons. The van der Waals surface area contributed by atoms with Gasteiger partial charge in [-0.05, 0) is 39.5 Å². The molecule has 0 heterocycles. The van der Waals surface area contributed by atoms with Gasteiger partial charge in [0.05, 0.1) is 26.4 Å². The van der Waals surface area contributed by atoms with Crippen LogP contribution in [-0.2, 0) is 42.9 Å². The lowest BCUT2D eigenvalue weighted by atomic mass is 10.2. The van der Waals surface area contributed by atoms with E-state index in [1.54, 1.807) is 13.8 Å². The Morgan fingerprint density at radius 3 is 1.24 bits per heavy atom. The fraction of sp³-hybridized carbons (Fsp3) is 0.500. The van der Waals surface area contributed by atoms with E-state index in [0.29, 0.717) is 24.4 Å². The van der Waals surface area contributed by atoms with Gasteiger partial charge in [0.2, 0.25) is 0 Å². The van der Waals surface area contributed by atoms with Gasteiger partial charge in [-0.2, -0.15) is 0 Å². The molecule has 0 rings (SSSR count). The molecule has 9 heteroatoms. The molecule has 0 aliphatic carbocycles. The van der Waals surface area contributed by atoms with E-state index in [9.17, 15) is 19.2 Å². The van der Waals surface area contributed by atoms with Crippen molar-refractivity contribution in [3.63, 3.8) is 0 Å². The summed E-state index contributed by atoms with van der Waals surface area (Å²) in [6, 6.07) is 0. The number of ether oxygens (including phenoxy) is 5. The Bertz CT molecular complexity index is 609. The Morgan fingerprint density at radius 1 is 0.576 bits per heavy atom. The van der Waals surface area contributed by atoms with Crippen LogP contribution < -0.4 is 0 Å². The second-order valence-corrected chi connectivity index (χ2v) is 6.60. The highest BCUT2D eigenvalue weighted by Gasteiger charge is 2.03. The molecule has 0 fully saturated rings. The largest absolute Gasteiger partial charge is 0.462 e. The Balaban J connectivity index is 0. The number of hydrogen-bond donors (Lipinski definition) is 0. The van der Waals surface area contributed by atoms with Crippen molar-refractivity contribution in [2.24, 2.45) is 0 Å². The van der Waals surface area contributed by atoms with Gasteiger partial charge < -0.3 is 23.7 Å². The van der Waals surface area contributed by atoms with Gasteiger partial charge in [0.25, 0.3) is 0 Å². The summed E-state index contributed by atoms with van der Waals surface area (Å²) in [5.74, 6) is -1.66. The number of hydrogen-bond acceptors (Lipinski definition) is 9. The van der Waals surface area contributed by atoms with Crippen LogP contribution in [-0.4, -0.2) is 63.5 Å². The fourth-order valence-corrected chi connectivity index (χ4v) is 1.76. The van der Waals surface area contributed by atoms with Crippen molar-refractivity contribution in [1.29, 1.82) is 0 Å². The summed E-state index contributed by atoms with van der Waals surface area (Å²) in [5, 5.41) is 0. The summed E-state index contributed by atoms with van der Waals surface area (Å²) < 4.78 is 24.2. The highest BCUT2D eigenvalue weighted by molar-refractivity contribution is 5.87. The van der Waals surface area contributed by atoms with Crippen LogP contribution in [0.2, 0.25) is 0 Å². The maximum Gasteiger partial charge on any atom is 0.333 e. The SMILES string of the molecule is C=C(C)C(=O)OCCCCCCOC(=O)C(=C)C.C=CC(=O)OCCOCCOC(=O)C=C. The van der Waals surface area contributed by atoms with Gasteiger partial charge in [0, 0.05) is 23.3 Å².